The van der Waals surface area contributed by atoms with Crippen LogP contribution >= 0.6 is 15.9 Å². The number of hydrogen-bond acceptors (Lipinski definition) is 3. The smallest absolute Gasteiger partial charge is 0.133 e. The zero-order chi connectivity index (χ0) is 13.8. The second-order valence-electron chi connectivity index (χ2n) is 5.13. The molecule has 19 heavy (non-hydrogen) atoms. The van der Waals surface area contributed by atoms with Gasteiger partial charge in [-0.05, 0) is 40.4 Å². The zero-order valence-corrected chi connectivity index (χ0v) is 13.1. The molecule has 1 aromatic rings. The van der Waals surface area contributed by atoms with Crippen LogP contribution in [-0.4, -0.2) is 19.3 Å². The average molecular weight is 329 g/mol. The minimum Gasteiger partial charge on any atom is -0.496 e. The highest BCUT2D eigenvalue weighted by Gasteiger charge is 2.23. The molecule has 1 atom stereocenters. The van der Waals surface area contributed by atoms with E-state index in [1.165, 1.54) is 25.7 Å². The Bertz CT molecular complexity index is 428. The van der Waals surface area contributed by atoms with Crippen molar-refractivity contribution in [3.63, 3.8) is 0 Å². The van der Waals surface area contributed by atoms with Crippen LogP contribution in [0.2, 0.25) is 0 Å². The van der Waals surface area contributed by atoms with Crippen molar-refractivity contribution in [1.29, 1.82) is 0 Å². The summed E-state index contributed by atoms with van der Waals surface area (Å²) in [6.45, 7) is 0. The minimum atomic E-state index is -0.486. The van der Waals surface area contributed by atoms with Crippen LogP contribution in [0, 0.1) is 5.92 Å². The molecule has 1 aliphatic carbocycles. The lowest BCUT2D eigenvalue weighted by molar-refractivity contribution is 0.141. The van der Waals surface area contributed by atoms with Crippen molar-refractivity contribution in [2.75, 3.05) is 14.2 Å². The molecule has 0 bridgehead atoms. The first-order valence-electron chi connectivity index (χ1n) is 6.75. The molecule has 1 unspecified atom stereocenters. The Labute approximate surface area is 123 Å². The molecule has 2 rings (SSSR count). The van der Waals surface area contributed by atoms with Gasteiger partial charge in [-0.3, -0.25) is 0 Å². The van der Waals surface area contributed by atoms with Crippen LogP contribution in [0.4, 0.5) is 0 Å². The Kier molecular flexibility index (Phi) is 5.11. The van der Waals surface area contributed by atoms with E-state index in [0.29, 0.717) is 11.7 Å². The molecule has 3 nitrogen and oxygen atoms in total. The summed E-state index contributed by atoms with van der Waals surface area (Å²) in [5.41, 5.74) is 0.814. The van der Waals surface area contributed by atoms with Crippen molar-refractivity contribution in [3.05, 3.63) is 22.2 Å². The summed E-state index contributed by atoms with van der Waals surface area (Å²) in [6.07, 6.45) is 5.36. The number of methoxy groups -OCH3 is 2. The largest absolute Gasteiger partial charge is 0.496 e. The van der Waals surface area contributed by atoms with Crippen LogP contribution in [0.15, 0.2) is 16.6 Å². The maximum atomic E-state index is 10.5. The van der Waals surface area contributed by atoms with E-state index >= 15 is 0 Å². The Morgan fingerprint density at radius 1 is 1.21 bits per heavy atom. The maximum absolute atomic E-state index is 10.5. The van der Waals surface area contributed by atoms with Gasteiger partial charge in [-0.2, -0.15) is 0 Å². The average Bonchev–Trinajstić information content (AvgIpc) is 2.91. The Morgan fingerprint density at radius 2 is 1.84 bits per heavy atom. The van der Waals surface area contributed by atoms with E-state index in [-0.39, 0.29) is 0 Å². The third kappa shape index (κ3) is 3.42. The second kappa shape index (κ2) is 6.62. The molecule has 0 aromatic heterocycles. The number of ether oxygens (including phenoxy) is 2. The van der Waals surface area contributed by atoms with Gasteiger partial charge in [-0.1, -0.05) is 25.7 Å². The summed E-state index contributed by atoms with van der Waals surface area (Å²) in [6, 6.07) is 3.72. The first kappa shape index (κ1) is 14.7. The summed E-state index contributed by atoms with van der Waals surface area (Å²) in [7, 11) is 3.25. The Balaban J connectivity index is 2.20. The van der Waals surface area contributed by atoms with Crippen molar-refractivity contribution in [3.8, 4) is 11.5 Å². The Hall–Kier alpha value is -0.740. The van der Waals surface area contributed by atoms with Gasteiger partial charge in [0.05, 0.1) is 24.8 Å². The van der Waals surface area contributed by atoms with E-state index in [2.05, 4.69) is 15.9 Å². The molecular weight excluding hydrogens is 308 g/mol. The number of benzene rings is 1. The first-order chi connectivity index (χ1) is 9.15. The van der Waals surface area contributed by atoms with Crippen LogP contribution in [0.5, 0.6) is 11.5 Å². The third-order valence-electron chi connectivity index (χ3n) is 3.89. The second-order valence-corrected chi connectivity index (χ2v) is 5.99. The van der Waals surface area contributed by atoms with Crippen molar-refractivity contribution in [2.45, 2.75) is 38.2 Å². The van der Waals surface area contributed by atoms with Gasteiger partial charge in [0.15, 0.2) is 0 Å². The normalized spacial score (nSPS) is 17.5. The van der Waals surface area contributed by atoms with Gasteiger partial charge < -0.3 is 14.6 Å². The van der Waals surface area contributed by atoms with Gasteiger partial charge in [0.2, 0.25) is 0 Å². The molecule has 0 radical (unpaired) electrons. The number of rotatable bonds is 5. The fourth-order valence-electron chi connectivity index (χ4n) is 2.83. The van der Waals surface area contributed by atoms with Crippen LogP contribution < -0.4 is 9.47 Å². The van der Waals surface area contributed by atoms with E-state index in [9.17, 15) is 5.11 Å². The molecule has 1 saturated carbocycles. The van der Waals surface area contributed by atoms with Gasteiger partial charge in [-0.15, -0.1) is 0 Å². The summed E-state index contributed by atoms with van der Waals surface area (Å²) in [5, 5.41) is 10.5. The predicted molar refractivity (Wildman–Crippen MR) is 78.8 cm³/mol. The SMILES string of the molecule is COc1cc(C(O)CC2CCCC2)c(OC)cc1Br. The van der Waals surface area contributed by atoms with E-state index in [1.807, 2.05) is 12.1 Å². The summed E-state index contributed by atoms with van der Waals surface area (Å²) >= 11 is 3.43. The molecule has 0 amide bonds. The topological polar surface area (TPSA) is 38.7 Å². The van der Waals surface area contributed by atoms with Crippen LogP contribution in [-0.2, 0) is 0 Å². The lowest BCUT2D eigenvalue weighted by Crippen LogP contribution is -2.06. The summed E-state index contributed by atoms with van der Waals surface area (Å²) in [5.74, 6) is 2.06. The van der Waals surface area contributed by atoms with Crippen LogP contribution in [0.25, 0.3) is 0 Å². The highest BCUT2D eigenvalue weighted by molar-refractivity contribution is 9.10. The van der Waals surface area contributed by atoms with Gasteiger partial charge in [0.25, 0.3) is 0 Å². The zero-order valence-electron chi connectivity index (χ0n) is 11.5. The molecular formula is C15H21BrO3. The maximum Gasteiger partial charge on any atom is 0.133 e. The van der Waals surface area contributed by atoms with E-state index < -0.39 is 6.10 Å². The standard InChI is InChI=1S/C15H21BrO3/c1-18-14-9-12(16)15(19-2)8-11(14)13(17)7-10-5-3-4-6-10/h8-10,13,17H,3-7H2,1-2H3. The van der Waals surface area contributed by atoms with Crippen molar-refractivity contribution in [1.82, 2.24) is 0 Å². The lowest BCUT2D eigenvalue weighted by atomic mass is 9.95. The predicted octanol–water partition coefficient (Wildman–Crippen LogP) is 4.08. The summed E-state index contributed by atoms with van der Waals surface area (Å²) in [4.78, 5) is 0. The van der Waals surface area contributed by atoms with Gasteiger partial charge in [0, 0.05) is 5.56 Å². The number of aliphatic hydroxyl groups excluding tert-OH is 1. The van der Waals surface area contributed by atoms with Crippen LogP contribution in [0.3, 0.4) is 0 Å². The molecule has 0 heterocycles. The fourth-order valence-corrected chi connectivity index (χ4v) is 3.32. The summed E-state index contributed by atoms with van der Waals surface area (Å²) < 4.78 is 11.5. The molecule has 0 aliphatic heterocycles. The lowest BCUT2D eigenvalue weighted by Gasteiger charge is -2.19. The fraction of sp³-hybridized carbons (Fsp3) is 0.600. The highest BCUT2D eigenvalue weighted by atomic mass is 79.9. The molecule has 1 fully saturated rings. The number of halogens is 1. The van der Waals surface area contributed by atoms with Gasteiger partial charge >= 0.3 is 0 Å². The van der Waals surface area contributed by atoms with Crippen molar-refractivity contribution >= 4 is 15.9 Å². The molecule has 1 aromatic carbocycles. The molecule has 4 heteroatoms. The van der Waals surface area contributed by atoms with E-state index in [1.54, 1.807) is 14.2 Å². The van der Waals surface area contributed by atoms with Crippen LogP contribution in [0.1, 0.15) is 43.8 Å². The van der Waals surface area contributed by atoms with Gasteiger partial charge in [0.1, 0.15) is 11.5 Å². The van der Waals surface area contributed by atoms with Crippen molar-refractivity contribution < 1.29 is 14.6 Å². The Morgan fingerprint density at radius 3 is 2.42 bits per heavy atom. The monoisotopic (exact) mass is 328 g/mol. The highest BCUT2D eigenvalue weighted by Crippen LogP contribution is 2.39. The minimum absolute atomic E-state index is 0.486. The van der Waals surface area contributed by atoms with E-state index in [0.717, 1.165) is 22.2 Å². The molecule has 106 valence electrons. The van der Waals surface area contributed by atoms with Crippen molar-refractivity contribution in [2.24, 2.45) is 5.92 Å². The third-order valence-corrected chi connectivity index (χ3v) is 4.51. The first-order valence-corrected chi connectivity index (χ1v) is 7.54. The molecule has 1 N–H and O–H groups in total. The number of hydrogen-bond donors (Lipinski definition) is 1. The molecule has 0 spiro atoms. The molecule has 0 saturated heterocycles. The van der Waals surface area contributed by atoms with E-state index in [4.69, 9.17) is 9.47 Å². The molecule has 1 aliphatic rings. The quantitative estimate of drug-likeness (QED) is 0.885. The van der Waals surface area contributed by atoms with Gasteiger partial charge in [-0.25, -0.2) is 0 Å². The number of aliphatic hydroxyl groups is 1.